The van der Waals surface area contributed by atoms with Gasteiger partial charge in [-0.05, 0) is 17.4 Å². The number of aliphatic carboxylic acids is 1. The lowest BCUT2D eigenvalue weighted by Crippen LogP contribution is -2.59. The number of carbonyl (C=O) groups is 5. The third-order valence-electron chi connectivity index (χ3n) is 5.21. The van der Waals surface area contributed by atoms with E-state index in [1.165, 1.54) is 0 Å². The molecule has 0 aliphatic carbocycles. The largest absolute Gasteiger partial charge is 0.480 e. The Kier molecular flexibility index (Phi) is 11.2. The molecule has 0 bridgehead atoms. The van der Waals surface area contributed by atoms with Gasteiger partial charge >= 0.3 is 5.97 Å². The summed E-state index contributed by atoms with van der Waals surface area (Å²) >= 11 is 0. The quantitative estimate of drug-likeness (QED) is 0.216. The summed E-state index contributed by atoms with van der Waals surface area (Å²) < 4.78 is 0. The zero-order valence-corrected chi connectivity index (χ0v) is 19.9. The van der Waals surface area contributed by atoms with Crippen LogP contribution in [0.3, 0.4) is 0 Å². The Morgan fingerprint density at radius 1 is 0.824 bits per heavy atom. The third-order valence-corrected chi connectivity index (χ3v) is 5.21. The molecule has 11 heteroatoms. The number of primary amides is 1. The van der Waals surface area contributed by atoms with Crippen molar-refractivity contribution >= 4 is 29.6 Å². The van der Waals surface area contributed by atoms with Crippen molar-refractivity contribution in [3.05, 3.63) is 35.9 Å². The smallest absolute Gasteiger partial charge is 0.326 e. The lowest BCUT2D eigenvalue weighted by molar-refractivity contribution is -0.143. The second kappa shape index (κ2) is 13.3. The van der Waals surface area contributed by atoms with Gasteiger partial charge in [-0.3, -0.25) is 19.2 Å². The molecule has 0 saturated carbocycles. The summed E-state index contributed by atoms with van der Waals surface area (Å²) in [5.74, 6) is -4.88. The van der Waals surface area contributed by atoms with Gasteiger partial charge in [0.2, 0.25) is 23.6 Å². The monoisotopic (exact) mass is 477 g/mol. The van der Waals surface area contributed by atoms with Crippen molar-refractivity contribution in [2.24, 2.45) is 23.3 Å². The van der Waals surface area contributed by atoms with Crippen molar-refractivity contribution < 1.29 is 29.1 Å². The zero-order chi connectivity index (χ0) is 26.0. The average molecular weight is 478 g/mol. The molecule has 4 amide bonds. The fraction of sp³-hybridized carbons (Fsp3) is 0.522. The summed E-state index contributed by atoms with van der Waals surface area (Å²) in [6.07, 6.45) is -0.461. The first-order valence-corrected chi connectivity index (χ1v) is 11.0. The molecule has 11 nitrogen and oxygen atoms in total. The van der Waals surface area contributed by atoms with Crippen molar-refractivity contribution in [2.45, 2.75) is 64.7 Å². The molecule has 4 unspecified atom stereocenters. The maximum absolute atomic E-state index is 13.0. The summed E-state index contributed by atoms with van der Waals surface area (Å²) in [5, 5.41) is 16.8. The highest BCUT2D eigenvalue weighted by Gasteiger charge is 2.32. The van der Waals surface area contributed by atoms with Crippen LogP contribution in [0.2, 0.25) is 0 Å². The summed E-state index contributed by atoms with van der Waals surface area (Å²) in [6, 6.07) is 4.15. The van der Waals surface area contributed by atoms with Crippen LogP contribution >= 0.6 is 0 Å². The Morgan fingerprint density at radius 3 is 1.82 bits per heavy atom. The molecule has 8 N–H and O–H groups in total. The first-order chi connectivity index (χ1) is 15.8. The van der Waals surface area contributed by atoms with Crippen LogP contribution in [-0.4, -0.2) is 58.9 Å². The molecule has 0 aliphatic heterocycles. The van der Waals surface area contributed by atoms with E-state index < -0.39 is 66.1 Å². The number of carboxylic acids is 1. The van der Waals surface area contributed by atoms with E-state index in [-0.39, 0.29) is 12.3 Å². The number of hydrogen-bond acceptors (Lipinski definition) is 6. The summed E-state index contributed by atoms with van der Waals surface area (Å²) in [7, 11) is 0. The predicted octanol–water partition coefficient (Wildman–Crippen LogP) is -0.717. The fourth-order valence-electron chi connectivity index (χ4n) is 3.08. The molecule has 0 aliphatic rings. The average Bonchev–Trinajstić information content (AvgIpc) is 2.75. The topological polar surface area (TPSA) is 194 Å². The number of hydrogen-bond donors (Lipinski definition) is 6. The van der Waals surface area contributed by atoms with Gasteiger partial charge in [0.05, 0.1) is 12.5 Å². The van der Waals surface area contributed by atoms with Gasteiger partial charge in [0.1, 0.15) is 18.1 Å². The molecule has 188 valence electrons. The molecule has 4 atom stereocenters. The second-order valence-corrected chi connectivity index (χ2v) is 8.82. The molecule has 0 fully saturated rings. The van der Waals surface area contributed by atoms with Crippen LogP contribution in [0, 0.1) is 11.8 Å². The molecule has 1 rings (SSSR count). The predicted molar refractivity (Wildman–Crippen MR) is 125 cm³/mol. The second-order valence-electron chi connectivity index (χ2n) is 8.82. The minimum atomic E-state index is -1.36. The molecule has 0 heterocycles. The van der Waals surface area contributed by atoms with Gasteiger partial charge in [-0.25, -0.2) is 4.79 Å². The van der Waals surface area contributed by atoms with Crippen molar-refractivity contribution in [2.75, 3.05) is 0 Å². The van der Waals surface area contributed by atoms with Crippen LogP contribution in [0.25, 0.3) is 0 Å². The number of nitrogens with one attached hydrogen (secondary N) is 3. The first kappa shape index (κ1) is 28.6. The van der Waals surface area contributed by atoms with E-state index in [0.717, 1.165) is 0 Å². The first-order valence-electron chi connectivity index (χ1n) is 11.0. The van der Waals surface area contributed by atoms with Crippen LogP contribution in [0.15, 0.2) is 30.3 Å². The van der Waals surface area contributed by atoms with Crippen LogP contribution in [0.5, 0.6) is 0 Å². The van der Waals surface area contributed by atoms with Gasteiger partial charge in [-0.2, -0.15) is 0 Å². The van der Waals surface area contributed by atoms with E-state index in [1.807, 2.05) is 0 Å². The number of amides is 4. The van der Waals surface area contributed by atoms with E-state index in [0.29, 0.717) is 5.56 Å². The third kappa shape index (κ3) is 9.18. The Morgan fingerprint density at radius 2 is 1.35 bits per heavy atom. The van der Waals surface area contributed by atoms with Crippen molar-refractivity contribution in [1.29, 1.82) is 0 Å². The van der Waals surface area contributed by atoms with Crippen molar-refractivity contribution in [1.82, 2.24) is 16.0 Å². The molecule has 0 saturated heterocycles. The Labute approximate surface area is 199 Å². The summed E-state index contributed by atoms with van der Waals surface area (Å²) in [6.45, 7) is 6.73. The molecule has 1 aromatic rings. The minimum Gasteiger partial charge on any atom is -0.480 e. The Hall–Kier alpha value is -3.47. The van der Waals surface area contributed by atoms with Gasteiger partial charge < -0.3 is 32.5 Å². The lowest BCUT2D eigenvalue weighted by Gasteiger charge is -2.26. The van der Waals surface area contributed by atoms with Crippen LogP contribution < -0.4 is 27.4 Å². The maximum Gasteiger partial charge on any atom is 0.326 e. The van der Waals surface area contributed by atoms with Gasteiger partial charge in [-0.1, -0.05) is 58.0 Å². The molecular formula is C23H35N5O6. The number of nitrogens with two attached hydrogens (primary N) is 2. The SMILES string of the molecule is CC(C)C(N)C(=O)NC(CC(N)=O)C(=O)NC(Cc1ccccc1)C(=O)NC(C(=O)O)C(C)C. The highest BCUT2D eigenvalue weighted by molar-refractivity contribution is 5.96. The number of carboxylic acid groups (broad SMARTS) is 1. The molecule has 34 heavy (non-hydrogen) atoms. The van der Waals surface area contributed by atoms with E-state index >= 15 is 0 Å². The number of benzene rings is 1. The normalized spacial score (nSPS) is 14.6. The van der Waals surface area contributed by atoms with Crippen molar-refractivity contribution in [3.63, 3.8) is 0 Å². The van der Waals surface area contributed by atoms with Crippen LogP contribution in [-0.2, 0) is 30.4 Å². The van der Waals surface area contributed by atoms with Crippen LogP contribution in [0.4, 0.5) is 0 Å². The van der Waals surface area contributed by atoms with Gasteiger partial charge in [0, 0.05) is 6.42 Å². The minimum absolute atomic E-state index is 0.0472. The Bertz CT molecular complexity index is 874. The van der Waals surface area contributed by atoms with E-state index in [9.17, 15) is 29.1 Å². The van der Waals surface area contributed by atoms with E-state index in [4.69, 9.17) is 11.5 Å². The van der Waals surface area contributed by atoms with Gasteiger partial charge in [-0.15, -0.1) is 0 Å². The summed E-state index contributed by atoms with van der Waals surface area (Å²) in [5.41, 5.74) is 11.8. The lowest BCUT2D eigenvalue weighted by atomic mass is 10.0. The zero-order valence-electron chi connectivity index (χ0n) is 19.9. The highest BCUT2D eigenvalue weighted by Crippen LogP contribution is 2.08. The van der Waals surface area contributed by atoms with E-state index in [1.54, 1.807) is 58.0 Å². The molecule has 0 spiro atoms. The number of carbonyl (C=O) groups excluding carboxylic acids is 4. The summed E-state index contributed by atoms with van der Waals surface area (Å²) in [4.78, 5) is 61.4. The van der Waals surface area contributed by atoms with E-state index in [2.05, 4.69) is 16.0 Å². The van der Waals surface area contributed by atoms with Crippen molar-refractivity contribution in [3.8, 4) is 0 Å². The number of rotatable bonds is 13. The van der Waals surface area contributed by atoms with Gasteiger partial charge in [0.25, 0.3) is 0 Å². The Balaban J connectivity index is 3.14. The fourth-order valence-corrected chi connectivity index (χ4v) is 3.08. The van der Waals surface area contributed by atoms with Crippen LogP contribution in [0.1, 0.15) is 39.7 Å². The molecule has 0 aromatic heterocycles. The highest BCUT2D eigenvalue weighted by atomic mass is 16.4. The molecule has 0 radical (unpaired) electrons. The standard InChI is InChI=1S/C23H35N5O6/c1-12(2)18(25)22(32)27-16(11-17(24)29)20(30)26-15(10-14-8-6-5-7-9-14)21(31)28-19(13(3)4)23(33)34/h5-9,12-13,15-16,18-19H,10-11,25H2,1-4H3,(H2,24,29)(H,26,30)(H,27,32)(H,28,31)(H,33,34). The molecule has 1 aromatic carbocycles. The maximum atomic E-state index is 13.0. The molecular weight excluding hydrogens is 442 g/mol. The van der Waals surface area contributed by atoms with Gasteiger partial charge in [0.15, 0.2) is 0 Å².